The van der Waals surface area contributed by atoms with Crippen LogP contribution >= 0.6 is 23.2 Å². The van der Waals surface area contributed by atoms with Gasteiger partial charge in [-0.2, -0.15) is 8.78 Å². The van der Waals surface area contributed by atoms with Crippen LogP contribution in [0.15, 0.2) is 59.8 Å². The van der Waals surface area contributed by atoms with Crippen molar-refractivity contribution < 1.29 is 45.7 Å². The van der Waals surface area contributed by atoms with Gasteiger partial charge in [0.2, 0.25) is 0 Å². The summed E-state index contributed by atoms with van der Waals surface area (Å²) in [6.07, 6.45) is 3.08. The molecule has 1 saturated heterocycles. The third-order valence-corrected chi connectivity index (χ3v) is 10.1. The van der Waals surface area contributed by atoms with Crippen LogP contribution < -0.4 is 9.47 Å². The van der Waals surface area contributed by atoms with Gasteiger partial charge in [-0.1, -0.05) is 29.3 Å². The maximum absolute atomic E-state index is 13.1. The number of ether oxygens (including phenoxy) is 4. The number of nitrogens with zero attached hydrogens (tertiary/aromatic N) is 2. The van der Waals surface area contributed by atoms with Crippen LogP contribution in [0.4, 0.5) is 8.78 Å². The highest BCUT2D eigenvalue weighted by molar-refractivity contribution is 7.91. The Hall–Kier alpha value is -3.52. The van der Waals surface area contributed by atoms with Crippen molar-refractivity contribution in [2.24, 2.45) is 5.92 Å². The second kappa shape index (κ2) is 15.6. The van der Waals surface area contributed by atoms with Crippen molar-refractivity contribution in [1.29, 1.82) is 0 Å². The van der Waals surface area contributed by atoms with E-state index in [1.54, 1.807) is 4.90 Å². The normalized spacial score (nSPS) is 15.7. The van der Waals surface area contributed by atoms with Crippen molar-refractivity contribution in [3.8, 4) is 11.5 Å². The van der Waals surface area contributed by atoms with Crippen LogP contribution in [0.25, 0.3) is 0 Å². The van der Waals surface area contributed by atoms with Gasteiger partial charge in [-0.05, 0) is 66.3 Å². The number of esters is 1. The first-order valence-electron chi connectivity index (χ1n) is 14.9. The quantitative estimate of drug-likeness (QED) is 0.187. The summed E-state index contributed by atoms with van der Waals surface area (Å²) in [5, 5.41) is 0.416. The van der Waals surface area contributed by atoms with E-state index in [0.717, 1.165) is 12.8 Å². The van der Waals surface area contributed by atoms with Gasteiger partial charge in [0.25, 0.3) is 5.91 Å². The second-order valence-corrected chi connectivity index (χ2v) is 14.0. The second-order valence-electron chi connectivity index (χ2n) is 11.1. The van der Waals surface area contributed by atoms with Crippen LogP contribution in [-0.4, -0.2) is 75.5 Å². The van der Waals surface area contributed by atoms with Crippen molar-refractivity contribution in [2.75, 3.05) is 38.7 Å². The minimum Gasteiger partial charge on any atom is -0.489 e. The van der Waals surface area contributed by atoms with Crippen LogP contribution in [0.2, 0.25) is 10.0 Å². The van der Waals surface area contributed by atoms with Crippen molar-refractivity contribution in [3.63, 3.8) is 0 Å². The number of halogens is 4. The fourth-order valence-electron chi connectivity index (χ4n) is 4.88. The van der Waals surface area contributed by atoms with Crippen molar-refractivity contribution in [3.05, 3.63) is 81.6 Å². The molecule has 2 aliphatic rings. The fraction of sp³-hybridized carbons (Fsp3) is 0.406. The number of aromatic nitrogens is 1. The maximum Gasteiger partial charge on any atom is 0.387 e. The van der Waals surface area contributed by atoms with E-state index in [1.807, 2.05) is 0 Å². The summed E-state index contributed by atoms with van der Waals surface area (Å²) in [6.45, 7) is -1.02. The average molecular weight is 714 g/mol. The Labute approximate surface area is 280 Å². The van der Waals surface area contributed by atoms with E-state index in [2.05, 4.69) is 9.72 Å². The van der Waals surface area contributed by atoms with Crippen LogP contribution in [-0.2, 0) is 30.5 Å². The Kier molecular flexibility index (Phi) is 11.5. The lowest BCUT2D eigenvalue weighted by molar-refractivity contribution is -0.149. The molecule has 2 heterocycles. The lowest BCUT2D eigenvalue weighted by atomic mass is 10.0. The lowest BCUT2D eigenvalue weighted by Gasteiger charge is -2.26. The molecule has 0 unspecified atom stereocenters. The first-order valence-corrected chi connectivity index (χ1v) is 17.3. The number of amides is 1. The van der Waals surface area contributed by atoms with Crippen molar-refractivity contribution in [2.45, 2.75) is 43.3 Å². The summed E-state index contributed by atoms with van der Waals surface area (Å²) in [7, 11) is -3.93. The number of sulfone groups is 1. The molecule has 10 nitrogen and oxygen atoms in total. The standard InChI is InChI=1S/C32H32Cl2F2N2O8S/c33-25-17-37-18-26(34)24(25)16-28(22-5-8-27(46-32(35)36)29(15-22)44-19-20-1-2-20)45-30(39)9-14-47(41,42)23-6-3-21(4-7-23)31(40)38-10-12-43-13-11-38/h3-8,15,17-18,20,28,32H,1-2,9-14,16,19H2/t28-/m0/s1. The molecule has 1 aromatic heterocycles. The van der Waals surface area contributed by atoms with E-state index in [1.165, 1.54) is 54.9 Å². The highest BCUT2D eigenvalue weighted by atomic mass is 35.5. The molecule has 1 atom stereocenters. The molecule has 2 fully saturated rings. The molecule has 0 spiro atoms. The molecule has 0 bridgehead atoms. The van der Waals surface area contributed by atoms with Crippen LogP contribution in [0.1, 0.15) is 46.9 Å². The predicted molar refractivity (Wildman–Crippen MR) is 168 cm³/mol. The van der Waals surface area contributed by atoms with Gasteiger partial charge in [0.15, 0.2) is 21.3 Å². The average Bonchev–Trinajstić information content (AvgIpc) is 3.89. The molecule has 252 valence electrons. The summed E-state index contributed by atoms with van der Waals surface area (Å²) in [6, 6.07) is 9.71. The van der Waals surface area contributed by atoms with Gasteiger partial charge in [-0.15, -0.1) is 0 Å². The smallest absolute Gasteiger partial charge is 0.387 e. The number of hydrogen-bond donors (Lipinski definition) is 0. The third kappa shape index (κ3) is 9.53. The Balaban J connectivity index is 1.31. The minimum atomic E-state index is -3.93. The molecule has 1 aliphatic carbocycles. The lowest BCUT2D eigenvalue weighted by Crippen LogP contribution is -2.40. The van der Waals surface area contributed by atoms with E-state index in [-0.39, 0.29) is 38.8 Å². The molecule has 0 radical (unpaired) electrons. The van der Waals surface area contributed by atoms with E-state index in [9.17, 15) is 26.8 Å². The Bertz CT molecular complexity index is 1660. The first kappa shape index (κ1) is 34.8. The van der Waals surface area contributed by atoms with Gasteiger partial charge in [-0.25, -0.2) is 8.42 Å². The number of carbonyl (C=O) groups excluding carboxylic acids is 2. The van der Waals surface area contributed by atoms with Gasteiger partial charge in [-0.3, -0.25) is 14.6 Å². The molecule has 2 aromatic carbocycles. The number of morpholine rings is 1. The minimum absolute atomic E-state index is 0.0333. The number of alkyl halides is 2. The van der Waals surface area contributed by atoms with Gasteiger partial charge >= 0.3 is 12.6 Å². The number of pyridine rings is 1. The van der Waals surface area contributed by atoms with Gasteiger partial charge in [0, 0.05) is 37.5 Å². The highest BCUT2D eigenvalue weighted by Crippen LogP contribution is 2.38. The summed E-state index contributed by atoms with van der Waals surface area (Å²) < 4.78 is 73.9. The van der Waals surface area contributed by atoms with Crippen LogP contribution in [0.3, 0.4) is 0 Å². The zero-order valence-corrected chi connectivity index (χ0v) is 27.4. The van der Waals surface area contributed by atoms with Gasteiger partial charge in [0.05, 0.1) is 46.9 Å². The van der Waals surface area contributed by atoms with Crippen molar-refractivity contribution >= 4 is 44.9 Å². The third-order valence-electron chi connectivity index (χ3n) is 7.68. The van der Waals surface area contributed by atoms with Gasteiger partial charge < -0.3 is 23.8 Å². The zero-order chi connectivity index (χ0) is 33.6. The molecule has 0 N–H and O–H groups in total. The molecular formula is C32H32Cl2F2N2O8S. The molecule has 3 aromatic rings. The Morgan fingerprint density at radius 3 is 2.32 bits per heavy atom. The van der Waals surface area contributed by atoms with Crippen LogP contribution in [0, 0.1) is 5.92 Å². The summed E-state index contributed by atoms with van der Waals surface area (Å²) in [4.78, 5) is 31.4. The SMILES string of the molecule is O=C(CCS(=O)(=O)c1ccc(C(=O)N2CCOCC2)cc1)O[C@@H](Cc1c(Cl)cncc1Cl)c1ccc(OC(F)F)c(OCC2CC2)c1. The molecular weight excluding hydrogens is 681 g/mol. The number of carbonyl (C=O) groups is 2. The Morgan fingerprint density at radius 1 is 1.00 bits per heavy atom. The Morgan fingerprint density at radius 2 is 1.68 bits per heavy atom. The number of hydrogen-bond acceptors (Lipinski definition) is 9. The topological polar surface area (TPSA) is 121 Å². The summed E-state index contributed by atoms with van der Waals surface area (Å²) in [5.41, 5.74) is 1.11. The zero-order valence-electron chi connectivity index (χ0n) is 25.1. The predicted octanol–water partition coefficient (Wildman–Crippen LogP) is 5.94. The summed E-state index contributed by atoms with van der Waals surface area (Å²) >= 11 is 12.7. The monoisotopic (exact) mass is 712 g/mol. The first-order chi connectivity index (χ1) is 22.5. The molecule has 5 rings (SSSR count). The van der Waals surface area contributed by atoms with Crippen LogP contribution in [0.5, 0.6) is 11.5 Å². The number of rotatable bonds is 14. The molecule has 47 heavy (non-hydrogen) atoms. The van der Waals surface area contributed by atoms with E-state index < -0.39 is 40.7 Å². The van der Waals surface area contributed by atoms with E-state index in [0.29, 0.717) is 55.5 Å². The van der Waals surface area contributed by atoms with E-state index in [4.69, 9.17) is 37.4 Å². The number of benzene rings is 2. The van der Waals surface area contributed by atoms with E-state index >= 15 is 0 Å². The molecule has 1 aliphatic heterocycles. The fourth-order valence-corrected chi connectivity index (χ4v) is 6.62. The highest BCUT2D eigenvalue weighted by Gasteiger charge is 2.27. The summed E-state index contributed by atoms with van der Waals surface area (Å²) in [5.74, 6) is -1.46. The molecule has 1 saturated carbocycles. The molecule has 15 heteroatoms. The largest absolute Gasteiger partial charge is 0.489 e. The van der Waals surface area contributed by atoms with Crippen molar-refractivity contribution in [1.82, 2.24) is 9.88 Å². The maximum atomic E-state index is 13.1. The van der Waals surface area contributed by atoms with Gasteiger partial charge in [0.1, 0.15) is 6.10 Å². The molecule has 1 amide bonds.